The molecule has 0 bridgehead atoms. The summed E-state index contributed by atoms with van der Waals surface area (Å²) in [7, 11) is 0. The Balaban J connectivity index is 1.89. The molecule has 1 aromatic carbocycles. The highest BCUT2D eigenvalue weighted by Crippen LogP contribution is 2.29. The zero-order valence-corrected chi connectivity index (χ0v) is 11.2. The van der Waals surface area contributed by atoms with Gasteiger partial charge in [-0.15, -0.1) is 11.3 Å². The summed E-state index contributed by atoms with van der Waals surface area (Å²) >= 11 is 1.60. The van der Waals surface area contributed by atoms with Gasteiger partial charge >= 0.3 is 6.18 Å². The zero-order chi connectivity index (χ0) is 14.6. The maximum atomic E-state index is 12.4. The number of hydrogen-bond acceptors (Lipinski definition) is 2. The topological polar surface area (TPSA) is 29.1 Å². The lowest BCUT2D eigenvalue weighted by molar-refractivity contribution is -0.137. The van der Waals surface area contributed by atoms with Crippen LogP contribution in [0.4, 0.5) is 13.2 Å². The molecule has 1 N–H and O–H groups in total. The molecule has 20 heavy (non-hydrogen) atoms. The van der Waals surface area contributed by atoms with Crippen LogP contribution >= 0.6 is 11.3 Å². The smallest absolute Gasteiger partial charge is 0.352 e. The van der Waals surface area contributed by atoms with E-state index in [9.17, 15) is 18.0 Å². The maximum absolute atomic E-state index is 12.4. The lowest BCUT2D eigenvalue weighted by Gasteiger charge is -2.08. The fourth-order valence-electron chi connectivity index (χ4n) is 1.67. The summed E-state index contributed by atoms with van der Waals surface area (Å²) in [6, 6.07) is 8.08. The number of amides is 1. The van der Waals surface area contributed by atoms with E-state index < -0.39 is 11.7 Å². The van der Waals surface area contributed by atoms with Crippen LogP contribution in [0, 0.1) is 0 Å². The molecule has 0 aliphatic carbocycles. The van der Waals surface area contributed by atoms with Crippen LogP contribution in [0.15, 0.2) is 41.8 Å². The SMILES string of the molecule is O=C(NCCc1cccs1)c1ccc(C(F)(F)F)cc1. The summed E-state index contributed by atoms with van der Waals surface area (Å²) < 4.78 is 37.1. The molecule has 2 rings (SSSR count). The van der Waals surface area contributed by atoms with Crippen molar-refractivity contribution in [1.29, 1.82) is 0 Å². The Morgan fingerprint density at radius 1 is 1.15 bits per heavy atom. The van der Waals surface area contributed by atoms with Crippen LogP contribution in [0.5, 0.6) is 0 Å². The van der Waals surface area contributed by atoms with E-state index in [1.54, 1.807) is 11.3 Å². The minimum Gasteiger partial charge on any atom is -0.352 e. The monoisotopic (exact) mass is 299 g/mol. The third-order valence-electron chi connectivity index (χ3n) is 2.71. The molecule has 1 heterocycles. The third kappa shape index (κ3) is 3.84. The molecule has 1 amide bonds. The maximum Gasteiger partial charge on any atom is 0.416 e. The van der Waals surface area contributed by atoms with Gasteiger partial charge in [-0.25, -0.2) is 0 Å². The molecule has 0 saturated heterocycles. The molecular weight excluding hydrogens is 287 g/mol. The first-order chi connectivity index (χ1) is 9.47. The van der Waals surface area contributed by atoms with E-state index in [2.05, 4.69) is 5.32 Å². The quantitative estimate of drug-likeness (QED) is 0.915. The van der Waals surface area contributed by atoms with Gasteiger partial charge in [-0.05, 0) is 42.1 Å². The van der Waals surface area contributed by atoms with Gasteiger partial charge in [0.1, 0.15) is 0 Å². The molecule has 6 heteroatoms. The predicted molar refractivity (Wildman–Crippen MR) is 71.8 cm³/mol. The zero-order valence-electron chi connectivity index (χ0n) is 10.4. The van der Waals surface area contributed by atoms with Gasteiger partial charge in [-0.1, -0.05) is 6.07 Å². The molecule has 0 spiro atoms. The average molecular weight is 299 g/mol. The van der Waals surface area contributed by atoms with E-state index in [0.29, 0.717) is 13.0 Å². The first kappa shape index (κ1) is 14.6. The molecule has 1 aromatic heterocycles. The Hall–Kier alpha value is -1.82. The van der Waals surface area contributed by atoms with Crippen LogP contribution in [-0.2, 0) is 12.6 Å². The Morgan fingerprint density at radius 2 is 1.85 bits per heavy atom. The highest BCUT2D eigenvalue weighted by molar-refractivity contribution is 7.09. The van der Waals surface area contributed by atoms with E-state index in [4.69, 9.17) is 0 Å². The van der Waals surface area contributed by atoms with E-state index in [1.807, 2.05) is 17.5 Å². The van der Waals surface area contributed by atoms with E-state index in [1.165, 1.54) is 12.1 Å². The minimum absolute atomic E-state index is 0.226. The van der Waals surface area contributed by atoms with Crippen LogP contribution < -0.4 is 5.32 Å². The summed E-state index contributed by atoms with van der Waals surface area (Å²) in [6.07, 6.45) is -3.67. The highest BCUT2D eigenvalue weighted by Gasteiger charge is 2.30. The highest BCUT2D eigenvalue weighted by atomic mass is 32.1. The Kier molecular flexibility index (Phi) is 4.44. The van der Waals surface area contributed by atoms with E-state index >= 15 is 0 Å². The molecule has 0 radical (unpaired) electrons. The molecule has 106 valence electrons. The lowest BCUT2D eigenvalue weighted by atomic mass is 10.1. The minimum atomic E-state index is -4.38. The van der Waals surface area contributed by atoms with Crippen molar-refractivity contribution in [2.24, 2.45) is 0 Å². The summed E-state index contributed by atoms with van der Waals surface area (Å²) in [5.74, 6) is -0.365. The predicted octanol–water partition coefficient (Wildman–Crippen LogP) is 3.74. The summed E-state index contributed by atoms with van der Waals surface area (Å²) in [4.78, 5) is 12.9. The van der Waals surface area contributed by atoms with Gasteiger partial charge in [0.25, 0.3) is 5.91 Å². The first-order valence-electron chi connectivity index (χ1n) is 5.94. The van der Waals surface area contributed by atoms with Gasteiger partial charge in [0.15, 0.2) is 0 Å². The fraction of sp³-hybridized carbons (Fsp3) is 0.214. The van der Waals surface area contributed by atoms with Gasteiger partial charge in [0, 0.05) is 17.0 Å². The van der Waals surface area contributed by atoms with E-state index in [0.717, 1.165) is 17.0 Å². The standard InChI is InChI=1S/C14H12F3NOS/c15-14(16,17)11-5-3-10(4-6-11)13(19)18-8-7-12-2-1-9-20-12/h1-6,9H,7-8H2,(H,18,19). The number of rotatable bonds is 4. The molecule has 0 unspecified atom stereocenters. The number of benzene rings is 1. The number of alkyl halides is 3. The van der Waals surface area contributed by atoms with Crippen LogP contribution in [0.3, 0.4) is 0 Å². The van der Waals surface area contributed by atoms with Gasteiger partial charge in [-0.2, -0.15) is 13.2 Å². The summed E-state index contributed by atoms with van der Waals surface area (Å²) in [5, 5.41) is 4.63. The number of hydrogen-bond donors (Lipinski definition) is 1. The van der Waals surface area contributed by atoms with Crippen molar-refractivity contribution in [3.8, 4) is 0 Å². The summed E-state index contributed by atoms with van der Waals surface area (Å²) in [5.41, 5.74) is -0.531. The number of nitrogens with one attached hydrogen (secondary N) is 1. The number of thiophene rings is 1. The molecule has 0 aliphatic rings. The van der Waals surface area contributed by atoms with Gasteiger partial charge in [0.05, 0.1) is 5.56 Å². The molecule has 0 aliphatic heterocycles. The molecule has 2 aromatic rings. The second kappa shape index (κ2) is 6.09. The van der Waals surface area contributed by atoms with Crippen molar-refractivity contribution >= 4 is 17.2 Å². The van der Waals surface area contributed by atoms with Crippen molar-refractivity contribution in [3.05, 3.63) is 57.8 Å². The van der Waals surface area contributed by atoms with Gasteiger partial charge < -0.3 is 5.32 Å². The van der Waals surface area contributed by atoms with Gasteiger partial charge in [-0.3, -0.25) is 4.79 Å². The van der Waals surface area contributed by atoms with Crippen LogP contribution in [0.25, 0.3) is 0 Å². The molecule has 0 saturated carbocycles. The van der Waals surface area contributed by atoms with Crippen LogP contribution in [-0.4, -0.2) is 12.5 Å². The molecule has 2 nitrogen and oxygen atoms in total. The van der Waals surface area contributed by atoms with Crippen LogP contribution in [0.1, 0.15) is 20.8 Å². The largest absolute Gasteiger partial charge is 0.416 e. The van der Waals surface area contributed by atoms with Crippen molar-refractivity contribution in [3.63, 3.8) is 0 Å². The number of halogens is 3. The molecule has 0 fully saturated rings. The first-order valence-corrected chi connectivity index (χ1v) is 6.82. The van der Waals surface area contributed by atoms with Crippen molar-refractivity contribution in [2.75, 3.05) is 6.54 Å². The number of carbonyl (C=O) groups excluding carboxylic acids is 1. The van der Waals surface area contributed by atoms with Crippen LogP contribution in [0.2, 0.25) is 0 Å². The van der Waals surface area contributed by atoms with Crippen molar-refractivity contribution in [1.82, 2.24) is 5.32 Å². The number of carbonyl (C=O) groups is 1. The lowest BCUT2D eigenvalue weighted by Crippen LogP contribution is -2.25. The normalized spacial score (nSPS) is 11.3. The second-order valence-electron chi connectivity index (χ2n) is 4.16. The van der Waals surface area contributed by atoms with Crippen molar-refractivity contribution in [2.45, 2.75) is 12.6 Å². The third-order valence-corrected chi connectivity index (χ3v) is 3.65. The fourth-order valence-corrected chi connectivity index (χ4v) is 2.38. The Morgan fingerprint density at radius 3 is 2.40 bits per heavy atom. The molecule has 0 atom stereocenters. The van der Waals surface area contributed by atoms with Gasteiger partial charge in [0.2, 0.25) is 0 Å². The second-order valence-corrected chi connectivity index (χ2v) is 5.19. The van der Waals surface area contributed by atoms with Crippen molar-refractivity contribution < 1.29 is 18.0 Å². The Labute approximate surface area is 118 Å². The summed E-state index contributed by atoms with van der Waals surface area (Å²) in [6.45, 7) is 0.459. The van der Waals surface area contributed by atoms with E-state index in [-0.39, 0.29) is 11.5 Å². The average Bonchev–Trinajstić information content (AvgIpc) is 2.91. The molecular formula is C14H12F3NOS. The Bertz CT molecular complexity index is 561.